The maximum atomic E-state index is 13.7. The standard InChI is InChI=1S/C32H40N6O2/c1-6-8-23-17-21(3)35-32(40)28(23)20-34-31(39)26-18-27(25-11-12-37(7-2)30(25)22(26)4)24-9-10-29(33-19-24)38-15-13-36(5)14-16-38/h9-12,17-19H,6-8,13-16,20H2,1-5H3,(H,34,39)(H,35,40). The lowest BCUT2D eigenvalue weighted by Gasteiger charge is -2.33. The number of carbonyl (C=O) groups is 1. The molecule has 0 saturated carbocycles. The number of nitrogens with one attached hydrogen (secondary N) is 2. The summed E-state index contributed by atoms with van der Waals surface area (Å²) in [6.45, 7) is 13.1. The number of nitrogens with zero attached hydrogens (tertiary/aromatic N) is 4. The van der Waals surface area contributed by atoms with Crippen molar-refractivity contribution in [3.63, 3.8) is 0 Å². The van der Waals surface area contributed by atoms with Crippen LogP contribution in [0.5, 0.6) is 0 Å². The molecule has 1 amide bonds. The van der Waals surface area contributed by atoms with E-state index in [1.165, 1.54) is 0 Å². The Balaban J connectivity index is 1.49. The van der Waals surface area contributed by atoms with Crippen molar-refractivity contribution in [1.29, 1.82) is 0 Å². The highest BCUT2D eigenvalue weighted by molar-refractivity contribution is 6.06. The van der Waals surface area contributed by atoms with Crippen molar-refractivity contribution < 1.29 is 4.79 Å². The van der Waals surface area contributed by atoms with E-state index in [-0.39, 0.29) is 18.0 Å². The van der Waals surface area contributed by atoms with Gasteiger partial charge < -0.3 is 24.7 Å². The van der Waals surface area contributed by atoms with Crippen LogP contribution in [0, 0.1) is 13.8 Å². The number of hydrogen-bond acceptors (Lipinski definition) is 5. The van der Waals surface area contributed by atoms with Gasteiger partial charge in [-0.15, -0.1) is 0 Å². The molecule has 8 heteroatoms. The molecule has 1 saturated heterocycles. The molecule has 0 atom stereocenters. The number of piperazine rings is 1. The van der Waals surface area contributed by atoms with Gasteiger partial charge >= 0.3 is 0 Å². The first-order valence-corrected chi connectivity index (χ1v) is 14.3. The SMILES string of the molecule is CCCc1cc(C)[nH]c(=O)c1CNC(=O)c1cc(-c2ccc(N3CCN(C)CC3)nc2)c2ccn(CC)c2c1C. The van der Waals surface area contributed by atoms with E-state index < -0.39 is 0 Å². The van der Waals surface area contributed by atoms with Crippen molar-refractivity contribution in [1.82, 2.24) is 24.8 Å². The number of fused-ring (bicyclic) bond motifs is 1. The van der Waals surface area contributed by atoms with Gasteiger partial charge in [-0.2, -0.15) is 0 Å². The summed E-state index contributed by atoms with van der Waals surface area (Å²) in [7, 11) is 2.15. The monoisotopic (exact) mass is 540 g/mol. The molecule has 4 heterocycles. The van der Waals surface area contributed by atoms with Gasteiger partial charge in [0.2, 0.25) is 0 Å². The van der Waals surface area contributed by atoms with Crippen LogP contribution in [0.2, 0.25) is 0 Å². The van der Waals surface area contributed by atoms with Gasteiger partial charge in [0, 0.05) is 79.4 Å². The number of carbonyl (C=O) groups excluding carboxylic acids is 1. The number of pyridine rings is 2. The number of aryl methyl sites for hydroxylation is 4. The quantitative estimate of drug-likeness (QED) is 0.340. The van der Waals surface area contributed by atoms with E-state index in [1.54, 1.807) is 0 Å². The van der Waals surface area contributed by atoms with Crippen molar-refractivity contribution in [2.75, 3.05) is 38.1 Å². The van der Waals surface area contributed by atoms with E-state index in [0.29, 0.717) is 11.1 Å². The Hall–Kier alpha value is -3.91. The molecule has 0 unspecified atom stereocenters. The Bertz CT molecular complexity index is 1580. The van der Waals surface area contributed by atoms with Crippen molar-refractivity contribution in [2.45, 2.75) is 53.6 Å². The molecule has 1 aliphatic rings. The zero-order valence-electron chi connectivity index (χ0n) is 24.3. The molecule has 8 nitrogen and oxygen atoms in total. The predicted octanol–water partition coefficient (Wildman–Crippen LogP) is 4.66. The number of H-pyrrole nitrogens is 1. The Kier molecular flexibility index (Phi) is 8.07. The van der Waals surface area contributed by atoms with Gasteiger partial charge in [0.05, 0.1) is 5.52 Å². The van der Waals surface area contributed by atoms with E-state index in [9.17, 15) is 9.59 Å². The Morgan fingerprint density at radius 3 is 2.52 bits per heavy atom. The average Bonchev–Trinajstić information content (AvgIpc) is 3.38. The first kappa shape index (κ1) is 27.6. The lowest BCUT2D eigenvalue weighted by atomic mass is 9.95. The summed E-state index contributed by atoms with van der Waals surface area (Å²) < 4.78 is 2.18. The Labute approximate surface area is 236 Å². The largest absolute Gasteiger partial charge is 0.354 e. The van der Waals surface area contributed by atoms with Crippen molar-refractivity contribution in [3.8, 4) is 11.1 Å². The van der Waals surface area contributed by atoms with Crippen LogP contribution in [-0.4, -0.2) is 58.6 Å². The lowest BCUT2D eigenvalue weighted by molar-refractivity contribution is 0.0950. The minimum atomic E-state index is -0.186. The normalized spacial score (nSPS) is 14.2. The fourth-order valence-corrected chi connectivity index (χ4v) is 5.81. The lowest BCUT2D eigenvalue weighted by Crippen LogP contribution is -2.44. The second kappa shape index (κ2) is 11.7. The van der Waals surface area contributed by atoms with Crippen LogP contribution in [0.4, 0.5) is 5.82 Å². The number of anilines is 1. The van der Waals surface area contributed by atoms with Crippen LogP contribution in [0.1, 0.15) is 53.0 Å². The maximum absolute atomic E-state index is 13.7. The van der Waals surface area contributed by atoms with Crippen LogP contribution >= 0.6 is 0 Å². The third-order valence-electron chi connectivity index (χ3n) is 8.08. The van der Waals surface area contributed by atoms with Crippen LogP contribution in [0.25, 0.3) is 22.0 Å². The highest BCUT2D eigenvalue weighted by Crippen LogP contribution is 2.34. The molecule has 1 fully saturated rings. The number of likely N-dealkylation sites (N-methyl/N-ethyl adjacent to an activating group) is 1. The van der Waals surface area contributed by atoms with Crippen molar-refractivity contribution in [3.05, 3.63) is 81.0 Å². The molecular formula is C32H40N6O2. The third kappa shape index (κ3) is 5.41. The van der Waals surface area contributed by atoms with Crippen LogP contribution in [0.15, 0.2) is 47.5 Å². The summed E-state index contributed by atoms with van der Waals surface area (Å²) in [5.74, 6) is 0.796. The van der Waals surface area contributed by atoms with Gasteiger partial charge in [0.1, 0.15) is 5.82 Å². The minimum absolute atomic E-state index is 0.136. The number of benzene rings is 1. The number of aromatic amines is 1. The molecule has 40 heavy (non-hydrogen) atoms. The number of amides is 1. The zero-order chi connectivity index (χ0) is 28.4. The van der Waals surface area contributed by atoms with E-state index in [0.717, 1.165) is 90.2 Å². The Morgan fingerprint density at radius 2 is 1.85 bits per heavy atom. The highest BCUT2D eigenvalue weighted by Gasteiger charge is 2.20. The van der Waals surface area contributed by atoms with Crippen molar-refractivity contribution >= 4 is 22.6 Å². The molecule has 1 aromatic carbocycles. The summed E-state index contributed by atoms with van der Waals surface area (Å²) >= 11 is 0. The molecule has 5 rings (SSSR count). The van der Waals surface area contributed by atoms with Gasteiger partial charge in [-0.25, -0.2) is 4.98 Å². The van der Waals surface area contributed by atoms with Gasteiger partial charge in [-0.3, -0.25) is 9.59 Å². The molecule has 0 radical (unpaired) electrons. The zero-order valence-corrected chi connectivity index (χ0v) is 24.3. The van der Waals surface area contributed by atoms with Crippen LogP contribution in [0.3, 0.4) is 0 Å². The smallest absolute Gasteiger partial charge is 0.253 e. The average molecular weight is 541 g/mol. The van der Waals surface area contributed by atoms with Gasteiger partial charge in [0.15, 0.2) is 0 Å². The molecule has 3 aromatic heterocycles. The van der Waals surface area contributed by atoms with Crippen molar-refractivity contribution in [2.24, 2.45) is 0 Å². The van der Waals surface area contributed by atoms with E-state index >= 15 is 0 Å². The maximum Gasteiger partial charge on any atom is 0.253 e. The summed E-state index contributed by atoms with van der Waals surface area (Å²) in [4.78, 5) is 38.8. The fourth-order valence-electron chi connectivity index (χ4n) is 5.81. The van der Waals surface area contributed by atoms with Crippen LogP contribution < -0.4 is 15.8 Å². The summed E-state index contributed by atoms with van der Waals surface area (Å²) in [6.07, 6.45) is 5.73. The third-order valence-corrected chi connectivity index (χ3v) is 8.08. The molecule has 0 aliphatic carbocycles. The number of rotatable bonds is 8. The molecule has 0 spiro atoms. The first-order valence-electron chi connectivity index (χ1n) is 14.3. The summed E-state index contributed by atoms with van der Waals surface area (Å²) in [6, 6.07) is 10.3. The molecule has 4 aromatic rings. The molecule has 2 N–H and O–H groups in total. The first-order chi connectivity index (χ1) is 19.3. The fraction of sp³-hybridized carbons (Fsp3) is 0.406. The van der Waals surface area contributed by atoms with E-state index in [2.05, 4.69) is 70.0 Å². The predicted molar refractivity (Wildman–Crippen MR) is 162 cm³/mol. The molecular weight excluding hydrogens is 500 g/mol. The molecule has 0 bridgehead atoms. The van der Waals surface area contributed by atoms with Gasteiger partial charge in [-0.1, -0.05) is 13.3 Å². The van der Waals surface area contributed by atoms with Gasteiger partial charge in [0.25, 0.3) is 11.5 Å². The second-order valence-corrected chi connectivity index (χ2v) is 10.9. The second-order valence-electron chi connectivity index (χ2n) is 10.9. The minimum Gasteiger partial charge on any atom is -0.354 e. The Morgan fingerprint density at radius 1 is 1.07 bits per heavy atom. The van der Waals surface area contributed by atoms with Crippen LogP contribution in [-0.2, 0) is 19.5 Å². The number of hydrogen-bond donors (Lipinski definition) is 2. The molecule has 1 aliphatic heterocycles. The summed E-state index contributed by atoms with van der Waals surface area (Å²) in [5, 5.41) is 4.15. The summed E-state index contributed by atoms with van der Waals surface area (Å²) in [5.41, 5.74) is 6.86. The van der Waals surface area contributed by atoms with E-state index in [1.807, 2.05) is 32.2 Å². The topological polar surface area (TPSA) is 86.3 Å². The van der Waals surface area contributed by atoms with E-state index in [4.69, 9.17) is 4.98 Å². The molecule has 210 valence electrons. The number of aromatic nitrogens is 3. The van der Waals surface area contributed by atoms with Gasteiger partial charge in [-0.05, 0) is 81.3 Å². The highest BCUT2D eigenvalue weighted by atomic mass is 16.1.